The van der Waals surface area contributed by atoms with Crippen LogP contribution in [0.4, 0.5) is 5.82 Å². The standard InChI is InChI=1S/C15H23N3S2/c1-7-16-13-12-9(2)10(3)20-14(12)18-11(17-13)8-19-15(4,5)6/h7-8H2,1-6H3,(H,16,17,18). The SMILES string of the molecule is CCNc1nc(CSC(C)(C)C)nc2sc(C)c(C)c12. The Morgan fingerprint density at radius 1 is 1.20 bits per heavy atom. The summed E-state index contributed by atoms with van der Waals surface area (Å²) in [6, 6.07) is 0. The Kier molecular flexibility index (Phi) is 4.59. The first-order valence-corrected chi connectivity index (χ1v) is 8.76. The van der Waals surface area contributed by atoms with Gasteiger partial charge in [-0.25, -0.2) is 9.97 Å². The quantitative estimate of drug-likeness (QED) is 0.882. The Morgan fingerprint density at radius 2 is 1.90 bits per heavy atom. The minimum absolute atomic E-state index is 0.234. The molecule has 3 nitrogen and oxygen atoms in total. The van der Waals surface area contributed by atoms with Crippen LogP contribution in [0, 0.1) is 13.8 Å². The molecule has 20 heavy (non-hydrogen) atoms. The summed E-state index contributed by atoms with van der Waals surface area (Å²) >= 11 is 3.65. The largest absolute Gasteiger partial charge is 0.370 e. The molecule has 2 heterocycles. The summed E-state index contributed by atoms with van der Waals surface area (Å²) in [5.74, 6) is 2.77. The number of hydrogen-bond acceptors (Lipinski definition) is 5. The van der Waals surface area contributed by atoms with Crippen LogP contribution in [0.25, 0.3) is 10.2 Å². The van der Waals surface area contributed by atoms with E-state index in [0.29, 0.717) is 0 Å². The fourth-order valence-electron chi connectivity index (χ4n) is 1.93. The number of nitrogens with one attached hydrogen (secondary N) is 1. The molecule has 0 fully saturated rings. The van der Waals surface area contributed by atoms with Crippen molar-refractivity contribution in [1.82, 2.24) is 9.97 Å². The van der Waals surface area contributed by atoms with Crippen LogP contribution < -0.4 is 5.32 Å². The summed E-state index contributed by atoms with van der Waals surface area (Å²) in [5.41, 5.74) is 1.30. The molecule has 0 unspecified atom stereocenters. The van der Waals surface area contributed by atoms with Crippen molar-refractivity contribution >= 4 is 39.1 Å². The number of aromatic nitrogens is 2. The molecule has 0 radical (unpaired) electrons. The van der Waals surface area contributed by atoms with Crippen LogP contribution in [0.3, 0.4) is 0 Å². The lowest BCUT2D eigenvalue weighted by molar-refractivity contribution is 0.800. The zero-order valence-electron chi connectivity index (χ0n) is 13.1. The molecular weight excluding hydrogens is 286 g/mol. The highest BCUT2D eigenvalue weighted by molar-refractivity contribution is 7.99. The second-order valence-electron chi connectivity index (χ2n) is 5.88. The number of nitrogens with zero attached hydrogens (tertiary/aromatic N) is 2. The third-order valence-electron chi connectivity index (χ3n) is 3.05. The highest BCUT2D eigenvalue weighted by atomic mass is 32.2. The number of anilines is 1. The van der Waals surface area contributed by atoms with Crippen LogP contribution in [0.1, 0.15) is 44.0 Å². The minimum atomic E-state index is 0.234. The molecule has 0 aromatic carbocycles. The van der Waals surface area contributed by atoms with Crippen LogP contribution in [0.5, 0.6) is 0 Å². The molecule has 0 aliphatic rings. The van der Waals surface area contributed by atoms with Gasteiger partial charge in [-0.15, -0.1) is 23.1 Å². The van der Waals surface area contributed by atoms with Gasteiger partial charge in [-0.1, -0.05) is 20.8 Å². The lowest BCUT2D eigenvalue weighted by Gasteiger charge is -2.17. The van der Waals surface area contributed by atoms with E-state index >= 15 is 0 Å². The molecular formula is C15H23N3S2. The molecule has 110 valence electrons. The predicted molar refractivity (Wildman–Crippen MR) is 92.1 cm³/mol. The first-order valence-electron chi connectivity index (χ1n) is 6.96. The number of fused-ring (bicyclic) bond motifs is 1. The summed E-state index contributed by atoms with van der Waals surface area (Å²) in [6.07, 6.45) is 0. The Bertz CT molecular complexity index is 612. The maximum atomic E-state index is 4.75. The predicted octanol–water partition coefficient (Wildman–Crippen LogP) is 4.77. The molecule has 1 N–H and O–H groups in total. The number of thiophene rings is 1. The fourth-order valence-corrected chi connectivity index (χ4v) is 3.67. The van der Waals surface area contributed by atoms with Gasteiger partial charge in [0.2, 0.25) is 0 Å². The van der Waals surface area contributed by atoms with E-state index in [4.69, 9.17) is 9.97 Å². The van der Waals surface area contributed by atoms with Gasteiger partial charge in [0.1, 0.15) is 16.5 Å². The van der Waals surface area contributed by atoms with E-state index in [1.165, 1.54) is 15.8 Å². The molecule has 0 aliphatic heterocycles. The monoisotopic (exact) mass is 309 g/mol. The van der Waals surface area contributed by atoms with Gasteiger partial charge < -0.3 is 5.32 Å². The molecule has 2 aromatic heterocycles. The van der Waals surface area contributed by atoms with Gasteiger partial charge in [-0.05, 0) is 26.3 Å². The Hall–Kier alpha value is -0.810. The van der Waals surface area contributed by atoms with Gasteiger partial charge in [0.25, 0.3) is 0 Å². The van der Waals surface area contributed by atoms with E-state index < -0.39 is 0 Å². The fraction of sp³-hybridized carbons (Fsp3) is 0.600. The average molecular weight is 310 g/mol. The summed E-state index contributed by atoms with van der Waals surface area (Å²) < 4.78 is 0.234. The first kappa shape index (κ1) is 15.6. The van der Waals surface area contributed by atoms with E-state index in [-0.39, 0.29) is 4.75 Å². The molecule has 0 amide bonds. The van der Waals surface area contributed by atoms with E-state index in [1.807, 2.05) is 11.8 Å². The lowest BCUT2D eigenvalue weighted by atomic mass is 10.2. The molecule has 2 rings (SSSR count). The van der Waals surface area contributed by atoms with Crippen molar-refractivity contribution in [1.29, 1.82) is 0 Å². The minimum Gasteiger partial charge on any atom is -0.370 e. The summed E-state index contributed by atoms with van der Waals surface area (Å²) in [5, 5.41) is 4.58. The molecule has 0 atom stereocenters. The van der Waals surface area contributed by atoms with Crippen molar-refractivity contribution in [3.63, 3.8) is 0 Å². The van der Waals surface area contributed by atoms with Gasteiger partial charge in [-0.3, -0.25) is 0 Å². The maximum Gasteiger partial charge on any atom is 0.142 e. The summed E-state index contributed by atoms with van der Waals surface area (Å²) in [4.78, 5) is 11.9. The molecule has 0 aliphatic carbocycles. The number of thioether (sulfide) groups is 1. The highest BCUT2D eigenvalue weighted by Gasteiger charge is 2.16. The van der Waals surface area contributed by atoms with E-state index in [0.717, 1.165) is 28.8 Å². The highest BCUT2D eigenvalue weighted by Crippen LogP contribution is 2.34. The Labute approximate surface area is 129 Å². The average Bonchev–Trinajstić information content (AvgIpc) is 2.62. The van der Waals surface area contributed by atoms with Crippen LogP contribution >= 0.6 is 23.1 Å². The second kappa shape index (κ2) is 5.90. The molecule has 0 saturated heterocycles. The third-order valence-corrected chi connectivity index (χ3v) is 5.42. The van der Waals surface area contributed by atoms with Gasteiger partial charge in [0, 0.05) is 16.2 Å². The normalized spacial score (nSPS) is 12.1. The van der Waals surface area contributed by atoms with E-state index in [9.17, 15) is 0 Å². The zero-order chi connectivity index (χ0) is 14.9. The van der Waals surface area contributed by atoms with Crippen molar-refractivity contribution in [2.24, 2.45) is 0 Å². The number of aryl methyl sites for hydroxylation is 2. The van der Waals surface area contributed by atoms with Crippen molar-refractivity contribution in [2.75, 3.05) is 11.9 Å². The van der Waals surface area contributed by atoms with Crippen molar-refractivity contribution in [2.45, 2.75) is 52.0 Å². The maximum absolute atomic E-state index is 4.75. The number of rotatable bonds is 4. The van der Waals surface area contributed by atoms with E-state index in [2.05, 4.69) is 46.9 Å². The Balaban J connectivity index is 2.43. The molecule has 0 bridgehead atoms. The van der Waals surface area contributed by atoms with Crippen LogP contribution in [-0.2, 0) is 5.75 Å². The van der Waals surface area contributed by atoms with Crippen molar-refractivity contribution in [3.8, 4) is 0 Å². The van der Waals surface area contributed by atoms with Gasteiger partial charge in [-0.2, -0.15) is 0 Å². The summed E-state index contributed by atoms with van der Waals surface area (Å²) in [6.45, 7) is 14.0. The number of hydrogen-bond donors (Lipinski definition) is 1. The molecule has 0 spiro atoms. The summed E-state index contributed by atoms with van der Waals surface area (Å²) in [7, 11) is 0. The lowest BCUT2D eigenvalue weighted by Crippen LogP contribution is -2.09. The van der Waals surface area contributed by atoms with E-state index in [1.54, 1.807) is 11.3 Å². The van der Waals surface area contributed by atoms with Crippen LogP contribution in [0.15, 0.2) is 0 Å². The zero-order valence-corrected chi connectivity index (χ0v) is 14.8. The first-order chi connectivity index (χ1) is 9.31. The van der Waals surface area contributed by atoms with Crippen LogP contribution in [-0.4, -0.2) is 21.3 Å². The van der Waals surface area contributed by atoms with Gasteiger partial charge >= 0.3 is 0 Å². The van der Waals surface area contributed by atoms with Crippen molar-refractivity contribution < 1.29 is 0 Å². The molecule has 2 aromatic rings. The topological polar surface area (TPSA) is 37.8 Å². The van der Waals surface area contributed by atoms with Gasteiger partial charge in [0.05, 0.1) is 11.1 Å². The molecule has 5 heteroatoms. The van der Waals surface area contributed by atoms with Crippen LogP contribution in [0.2, 0.25) is 0 Å². The van der Waals surface area contributed by atoms with Gasteiger partial charge in [0.15, 0.2) is 0 Å². The molecule has 0 saturated carbocycles. The Morgan fingerprint density at radius 3 is 2.50 bits per heavy atom. The second-order valence-corrected chi connectivity index (χ2v) is 8.89. The smallest absolute Gasteiger partial charge is 0.142 e. The third kappa shape index (κ3) is 3.44. The van der Waals surface area contributed by atoms with Crippen molar-refractivity contribution in [3.05, 3.63) is 16.3 Å².